The normalized spacial score (nSPS) is 27.7. The van der Waals surface area contributed by atoms with E-state index in [2.05, 4.69) is 40.3 Å². The molecule has 2 heterocycles. The molecule has 2 N–H and O–H groups in total. The third-order valence-electron chi connectivity index (χ3n) is 4.18. The molecule has 1 aliphatic carbocycles. The van der Waals surface area contributed by atoms with Crippen LogP contribution < -0.4 is 5.73 Å². The second kappa shape index (κ2) is 3.83. The summed E-state index contributed by atoms with van der Waals surface area (Å²) in [5.41, 5.74) is 7.06. The van der Waals surface area contributed by atoms with Gasteiger partial charge in [-0.25, -0.2) is 9.97 Å². The number of hydrogen-bond donors (Lipinski definition) is 1. The summed E-state index contributed by atoms with van der Waals surface area (Å²) in [5.74, 6) is 0.559. The van der Waals surface area contributed by atoms with Gasteiger partial charge in [-0.15, -0.1) is 6.58 Å². The van der Waals surface area contributed by atoms with Gasteiger partial charge in [-0.2, -0.15) is 0 Å². The van der Waals surface area contributed by atoms with Crippen molar-refractivity contribution in [2.24, 2.45) is 5.41 Å². The highest BCUT2D eigenvalue weighted by Crippen LogP contribution is 2.45. The van der Waals surface area contributed by atoms with Crippen molar-refractivity contribution in [2.45, 2.75) is 32.2 Å². The molecule has 0 radical (unpaired) electrons. The van der Waals surface area contributed by atoms with Crippen molar-refractivity contribution in [1.29, 1.82) is 0 Å². The number of nitrogens with zero attached hydrogens (tertiary/aromatic N) is 3. The van der Waals surface area contributed by atoms with Gasteiger partial charge in [0.1, 0.15) is 17.8 Å². The van der Waals surface area contributed by atoms with Crippen molar-refractivity contribution in [1.82, 2.24) is 14.5 Å². The molecule has 0 aromatic carbocycles. The first-order chi connectivity index (χ1) is 8.63. The Kier molecular flexibility index (Phi) is 2.40. The third kappa shape index (κ3) is 1.60. The second-order valence-electron chi connectivity index (χ2n) is 5.47. The molecule has 4 heteroatoms. The molecule has 18 heavy (non-hydrogen) atoms. The minimum absolute atomic E-state index is 0.250. The molecule has 2 atom stereocenters. The molecule has 1 aliphatic rings. The van der Waals surface area contributed by atoms with Gasteiger partial charge in [0.25, 0.3) is 0 Å². The van der Waals surface area contributed by atoms with E-state index in [4.69, 9.17) is 5.73 Å². The summed E-state index contributed by atoms with van der Waals surface area (Å²) in [6, 6.07) is 2.49. The lowest BCUT2D eigenvalue weighted by Crippen LogP contribution is -2.10. The van der Waals surface area contributed by atoms with Crippen LogP contribution in [-0.4, -0.2) is 14.5 Å². The van der Waals surface area contributed by atoms with Crippen molar-refractivity contribution < 1.29 is 0 Å². The standard InChI is InChI=1S/C14H18N4/c1-3-14(2)6-4-10(8-14)18-7-5-11-12(15)16-9-17-13(11)18/h3,5,7,9-10H,1,4,6,8H2,2H3,(H2,15,16,17)/t10?,14-/m1/s1. The largest absolute Gasteiger partial charge is 0.383 e. The minimum Gasteiger partial charge on any atom is -0.383 e. The molecular formula is C14H18N4. The van der Waals surface area contributed by atoms with Crippen molar-refractivity contribution in [3.8, 4) is 0 Å². The lowest BCUT2D eigenvalue weighted by atomic mass is 9.89. The van der Waals surface area contributed by atoms with Crippen LogP contribution >= 0.6 is 0 Å². The van der Waals surface area contributed by atoms with E-state index in [1.165, 1.54) is 12.7 Å². The molecule has 94 valence electrons. The van der Waals surface area contributed by atoms with Gasteiger partial charge < -0.3 is 10.3 Å². The molecule has 2 aromatic heterocycles. The first-order valence-electron chi connectivity index (χ1n) is 6.33. The van der Waals surface area contributed by atoms with E-state index >= 15 is 0 Å². The van der Waals surface area contributed by atoms with Gasteiger partial charge >= 0.3 is 0 Å². The number of allylic oxidation sites excluding steroid dienone is 1. The fraction of sp³-hybridized carbons (Fsp3) is 0.429. The number of hydrogen-bond acceptors (Lipinski definition) is 3. The Morgan fingerprint density at radius 2 is 2.39 bits per heavy atom. The van der Waals surface area contributed by atoms with Crippen molar-refractivity contribution >= 4 is 16.9 Å². The van der Waals surface area contributed by atoms with Crippen LogP contribution in [0.25, 0.3) is 11.0 Å². The molecule has 4 nitrogen and oxygen atoms in total. The molecule has 0 bridgehead atoms. The SMILES string of the molecule is C=C[C@]1(C)CCC(n2ccc3c(N)ncnc32)C1. The van der Waals surface area contributed by atoms with Gasteiger partial charge in [-0.05, 0) is 30.7 Å². The van der Waals surface area contributed by atoms with E-state index in [0.29, 0.717) is 11.9 Å². The van der Waals surface area contributed by atoms with Gasteiger partial charge in [-0.3, -0.25) is 0 Å². The lowest BCUT2D eigenvalue weighted by molar-refractivity contribution is 0.415. The summed E-state index contributed by atoms with van der Waals surface area (Å²) < 4.78 is 2.24. The number of nitrogens with two attached hydrogens (primary N) is 1. The zero-order valence-electron chi connectivity index (χ0n) is 10.6. The number of fused-ring (bicyclic) bond motifs is 1. The van der Waals surface area contributed by atoms with Gasteiger partial charge in [0.2, 0.25) is 0 Å². The van der Waals surface area contributed by atoms with Gasteiger partial charge in [-0.1, -0.05) is 13.0 Å². The topological polar surface area (TPSA) is 56.7 Å². The zero-order valence-corrected chi connectivity index (χ0v) is 10.6. The Morgan fingerprint density at radius 1 is 1.56 bits per heavy atom. The maximum atomic E-state index is 5.87. The molecule has 0 saturated heterocycles. The predicted octanol–water partition coefficient (Wildman–Crippen LogP) is 2.93. The van der Waals surface area contributed by atoms with Crippen LogP contribution in [0.4, 0.5) is 5.82 Å². The van der Waals surface area contributed by atoms with Crippen molar-refractivity contribution in [3.05, 3.63) is 31.2 Å². The summed E-state index contributed by atoms with van der Waals surface area (Å²) in [6.07, 6.45) is 9.16. The van der Waals surface area contributed by atoms with Gasteiger partial charge in [0, 0.05) is 12.2 Å². The second-order valence-corrected chi connectivity index (χ2v) is 5.47. The number of rotatable bonds is 2. The molecule has 1 saturated carbocycles. The Bertz CT molecular complexity index is 601. The quantitative estimate of drug-likeness (QED) is 0.824. The van der Waals surface area contributed by atoms with E-state index in [-0.39, 0.29) is 5.41 Å². The lowest BCUT2D eigenvalue weighted by Gasteiger charge is -2.19. The van der Waals surface area contributed by atoms with E-state index in [1.54, 1.807) is 0 Å². The summed E-state index contributed by atoms with van der Waals surface area (Å²) in [5, 5.41) is 0.949. The van der Waals surface area contributed by atoms with Crippen LogP contribution in [0, 0.1) is 5.41 Å². The van der Waals surface area contributed by atoms with Crippen LogP contribution in [0.1, 0.15) is 32.2 Å². The molecule has 0 amide bonds. The predicted molar refractivity (Wildman–Crippen MR) is 73.1 cm³/mol. The smallest absolute Gasteiger partial charge is 0.145 e. The first kappa shape index (κ1) is 11.3. The first-order valence-corrected chi connectivity index (χ1v) is 6.33. The zero-order chi connectivity index (χ0) is 12.8. The number of aromatic nitrogens is 3. The molecule has 3 rings (SSSR count). The summed E-state index contributed by atoms with van der Waals surface area (Å²) in [4.78, 5) is 8.40. The molecule has 0 spiro atoms. The summed E-state index contributed by atoms with van der Waals surface area (Å²) in [6.45, 7) is 6.22. The Hall–Kier alpha value is -1.84. The highest BCUT2D eigenvalue weighted by Gasteiger charge is 2.33. The summed E-state index contributed by atoms with van der Waals surface area (Å²) in [7, 11) is 0. The monoisotopic (exact) mass is 242 g/mol. The van der Waals surface area contributed by atoms with Crippen LogP contribution in [0.2, 0.25) is 0 Å². The molecule has 2 aromatic rings. The van der Waals surface area contributed by atoms with E-state index in [1.807, 2.05) is 6.07 Å². The van der Waals surface area contributed by atoms with Crippen LogP contribution in [0.5, 0.6) is 0 Å². The maximum Gasteiger partial charge on any atom is 0.145 e. The maximum absolute atomic E-state index is 5.87. The highest BCUT2D eigenvalue weighted by atomic mass is 15.1. The molecule has 1 unspecified atom stereocenters. The number of nitrogen functional groups attached to an aromatic ring is 1. The fourth-order valence-corrected chi connectivity index (χ4v) is 2.95. The van der Waals surface area contributed by atoms with Gasteiger partial charge in [0.05, 0.1) is 5.39 Å². The number of anilines is 1. The molecule has 0 aliphatic heterocycles. The third-order valence-corrected chi connectivity index (χ3v) is 4.18. The Morgan fingerprint density at radius 3 is 3.11 bits per heavy atom. The molecular weight excluding hydrogens is 224 g/mol. The van der Waals surface area contributed by atoms with Crippen LogP contribution in [0.15, 0.2) is 31.2 Å². The fourth-order valence-electron chi connectivity index (χ4n) is 2.95. The van der Waals surface area contributed by atoms with Crippen molar-refractivity contribution in [2.75, 3.05) is 5.73 Å². The van der Waals surface area contributed by atoms with Crippen LogP contribution in [-0.2, 0) is 0 Å². The Balaban J connectivity index is 2.01. The van der Waals surface area contributed by atoms with E-state index in [9.17, 15) is 0 Å². The van der Waals surface area contributed by atoms with E-state index < -0.39 is 0 Å². The molecule has 1 fully saturated rings. The summed E-state index contributed by atoms with van der Waals surface area (Å²) >= 11 is 0. The van der Waals surface area contributed by atoms with Gasteiger partial charge in [0.15, 0.2) is 0 Å². The van der Waals surface area contributed by atoms with Crippen LogP contribution in [0.3, 0.4) is 0 Å². The average molecular weight is 242 g/mol. The minimum atomic E-state index is 0.250. The average Bonchev–Trinajstić information content (AvgIpc) is 2.94. The Labute approximate surface area is 107 Å². The highest BCUT2D eigenvalue weighted by molar-refractivity contribution is 5.86. The van der Waals surface area contributed by atoms with E-state index in [0.717, 1.165) is 23.9 Å². The van der Waals surface area contributed by atoms with Crippen molar-refractivity contribution in [3.63, 3.8) is 0 Å².